The molecule has 0 aliphatic heterocycles. The molecule has 0 aromatic carbocycles. The molecule has 1 amide bonds. The summed E-state index contributed by atoms with van der Waals surface area (Å²) in [7, 11) is 0. The Morgan fingerprint density at radius 2 is 0.875 bits per heavy atom. The van der Waals surface area contributed by atoms with E-state index in [1.807, 2.05) is 0 Å². The van der Waals surface area contributed by atoms with E-state index in [9.17, 15) is 4.79 Å². The summed E-state index contributed by atoms with van der Waals surface area (Å²) in [6, 6.07) is 0. The number of unbranched alkanes of at least 4 members (excludes halogenated alkanes) is 20. The first-order valence-corrected chi connectivity index (χ1v) is 14.7. The molecule has 0 aliphatic carbocycles. The number of amides is 1. The standard InChI is InChI=1S/C30H59NO/c1-3-5-7-9-11-13-15-16-17-18-19-20-22-24-26-28-30(32)31-29-27-25-23-21-14-12-10-8-6-4-2/h16-17H,3-15,18-29H2,1-2H3,(H,31,32)/b17-16-. The number of nitrogens with one attached hydrogen (secondary N) is 1. The van der Waals surface area contributed by atoms with Crippen molar-refractivity contribution in [3.63, 3.8) is 0 Å². The van der Waals surface area contributed by atoms with Crippen LogP contribution in [-0.4, -0.2) is 12.5 Å². The maximum atomic E-state index is 11.9. The van der Waals surface area contributed by atoms with Crippen molar-refractivity contribution in [1.82, 2.24) is 5.32 Å². The van der Waals surface area contributed by atoms with Gasteiger partial charge in [0.1, 0.15) is 0 Å². The van der Waals surface area contributed by atoms with Crippen molar-refractivity contribution in [2.24, 2.45) is 0 Å². The van der Waals surface area contributed by atoms with E-state index in [1.54, 1.807) is 0 Å². The molecule has 0 unspecified atom stereocenters. The summed E-state index contributed by atoms with van der Waals surface area (Å²) in [6.07, 6.45) is 35.9. The molecule has 0 heterocycles. The first kappa shape index (κ1) is 31.2. The molecule has 1 N–H and O–H groups in total. The van der Waals surface area contributed by atoms with Gasteiger partial charge in [-0.1, -0.05) is 135 Å². The van der Waals surface area contributed by atoms with Crippen molar-refractivity contribution in [3.8, 4) is 0 Å². The Labute approximate surface area is 202 Å². The summed E-state index contributed by atoms with van der Waals surface area (Å²) in [5, 5.41) is 3.11. The summed E-state index contributed by atoms with van der Waals surface area (Å²) in [5.74, 6) is 0.263. The average molecular weight is 450 g/mol. The zero-order valence-corrected chi connectivity index (χ0v) is 22.2. The fourth-order valence-electron chi connectivity index (χ4n) is 4.28. The third-order valence-electron chi connectivity index (χ3n) is 6.52. The lowest BCUT2D eigenvalue weighted by Crippen LogP contribution is -2.23. The minimum atomic E-state index is 0.263. The van der Waals surface area contributed by atoms with Gasteiger partial charge in [-0.25, -0.2) is 0 Å². The molecule has 0 aromatic heterocycles. The highest BCUT2D eigenvalue weighted by Crippen LogP contribution is 2.11. The molecule has 0 saturated heterocycles. The third kappa shape index (κ3) is 27.2. The minimum absolute atomic E-state index is 0.263. The molecule has 0 saturated carbocycles. The van der Waals surface area contributed by atoms with Crippen LogP contribution in [0.5, 0.6) is 0 Å². The van der Waals surface area contributed by atoms with Crippen molar-refractivity contribution in [2.45, 2.75) is 168 Å². The summed E-state index contributed by atoms with van der Waals surface area (Å²) < 4.78 is 0. The van der Waals surface area contributed by atoms with Crippen molar-refractivity contribution < 1.29 is 4.79 Å². The number of carbonyl (C=O) groups excluding carboxylic acids is 1. The molecule has 2 nitrogen and oxygen atoms in total. The van der Waals surface area contributed by atoms with Crippen molar-refractivity contribution in [1.29, 1.82) is 0 Å². The molecular formula is C30H59NO. The van der Waals surface area contributed by atoms with Gasteiger partial charge >= 0.3 is 0 Å². The van der Waals surface area contributed by atoms with Gasteiger partial charge in [0, 0.05) is 13.0 Å². The van der Waals surface area contributed by atoms with Gasteiger partial charge in [0.25, 0.3) is 0 Å². The molecule has 0 aliphatic rings. The van der Waals surface area contributed by atoms with Crippen LogP contribution in [0.3, 0.4) is 0 Å². The van der Waals surface area contributed by atoms with E-state index < -0.39 is 0 Å². The van der Waals surface area contributed by atoms with Gasteiger partial charge in [-0.05, 0) is 38.5 Å². The molecule has 0 radical (unpaired) electrons. The zero-order valence-electron chi connectivity index (χ0n) is 22.2. The van der Waals surface area contributed by atoms with Crippen LogP contribution in [0.1, 0.15) is 168 Å². The van der Waals surface area contributed by atoms with Gasteiger partial charge in [0.15, 0.2) is 0 Å². The molecule has 2 heteroatoms. The van der Waals surface area contributed by atoms with E-state index in [-0.39, 0.29) is 5.91 Å². The van der Waals surface area contributed by atoms with Crippen molar-refractivity contribution in [2.75, 3.05) is 6.54 Å². The molecule has 0 bridgehead atoms. The predicted molar refractivity (Wildman–Crippen MR) is 144 cm³/mol. The first-order valence-electron chi connectivity index (χ1n) is 14.7. The van der Waals surface area contributed by atoms with E-state index in [0.29, 0.717) is 0 Å². The predicted octanol–water partition coefficient (Wildman–Crippen LogP) is 10.1. The number of carbonyl (C=O) groups is 1. The van der Waals surface area contributed by atoms with Crippen LogP contribution in [0.15, 0.2) is 12.2 Å². The SMILES string of the molecule is CCCCCCCC/C=C\CCCCCCCC(=O)NCCCCCCCCCCCC. The van der Waals surface area contributed by atoms with E-state index in [1.165, 1.54) is 135 Å². The Bertz CT molecular complexity index is 390. The summed E-state index contributed by atoms with van der Waals surface area (Å²) >= 11 is 0. The molecule has 0 spiro atoms. The fourth-order valence-corrected chi connectivity index (χ4v) is 4.28. The number of hydrogen-bond donors (Lipinski definition) is 1. The van der Waals surface area contributed by atoms with E-state index in [0.717, 1.165) is 25.8 Å². The van der Waals surface area contributed by atoms with Crippen molar-refractivity contribution in [3.05, 3.63) is 12.2 Å². The minimum Gasteiger partial charge on any atom is -0.356 e. The van der Waals surface area contributed by atoms with Crippen LogP contribution in [0.25, 0.3) is 0 Å². The second-order valence-corrected chi connectivity index (χ2v) is 9.87. The van der Waals surface area contributed by atoms with Crippen LogP contribution >= 0.6 is 0 Å². The van der Waals surface area contributed by atoms with Crippen molar-refractivity contribution >= 4 is 5.91 Å². The van der Waals surface area contributed by atoms with Crippen LogP contribution in [0.4, 0.5) is 0 Å². The molecule has 32 heavy (non-hydrogen) atoms. The maximum Gasteiger partial charge on any atom is 0.219 e. The lowest BCUT2D eigenvalue weighted by molar-refractivity contribution is -0.121. The molecule has 0 atom stereocenters. The van der Waals surface area contributed by atoms with Gasteiger partial charge in [-0.3, -0.25) is 4.79 Å². The average Bonchev–Trinajstić information content (AvgIpc) is 2.80. The van der Waals surface area contributed by atoms with Crippen LogP contribution < -0.4 is 5.32 Å². The lowest BCUT2D eigenvalue weighted by Gasteiger charge is -2.06. The Kier molecular flexibility index (Phi) is 27.5. The molecule has 0 fully saturated rings. The second kappa shape index (κ2) is 28.2. The van der Waals surface area contributed by atoms with Gasteiger partial charge < -0.3 is 5.32 Å². The summed E-state index contributed by atoms with van der Waals surface area (Å²) in [5.41, 5.74) is 0. The number of rotatable bonds is 26. The van der Waals surface area contributed by atoms with Crippen LogP contribution in [-0.2, 0) is 4.79 Å². The largest absolute Gasteiger partial charge is 0.356 e. The topological polar surface area (TPSA) is 29.1 Å². The Hall–Kier alpha value is -0.790. The lowest BCUT2D eigenvalue weighted by atomic mass is 10.1. The Morgan fingerprint density at radius 3 is 1.34 bits per heavy atom. The zero-order chi connectivity index (χ0) is 23.4. The monoisotopic (exact) mass is 449 g/mol. The molecule has 190 valence electrons. The highest BCUT2D eigenvalue weighted by molar-refractivity contribution is 5.75. The van der Waals surface area contributed by atoms with E-state index in [2.05, 4.69) is 31.3 Å². The quantitative estimate of drug-likeness (QED) is 0.103. The van der Waals surface area contributed by atoms with Gasteiger partial charge in [0.05, 0.1) is 0 Å². The third-order valence-corrected chi connectivity index (χ3v) is 6.52. The second-order valence-electron chi connectivity index (χ2n) is 9.87. The first-order chi connectivity index (χ1) is 15.8. The normalized spacial score (nSPS) is 11.4. The van der Waals surface area contributed by atoms with E-state index in [4.69, 9.17) is 0 Å². The Morgan fingerprint density at radius 1 is 0.500 bits per heavy atom. The molecule has 0 aromatic rings. The highest BCUT2D eigenvalue weighted by atomic mass is 16.1. The molecular weight excluding hydrogens is 390 g/mol. The van der Waals surface area contributed by atoms with Gasteiger partial charge in [0.2, 0.25) is 5.91 Å². The highest BCUT2D eigenvalue weighted by Gasteiger charge is 2.00. The molecule has 0 rings (SSSR count). The van der Waals surface area contributed by atoms with Gasteiger partial charge in [-0.15, -0.1) is 0 Å². The summed E-state index contributed by atoms with van der Waals surface area (Å²) in [4.78, 5) is 11.9. The van der Waals surface area contributed by atoms with Crippen LogP contribution in [0.2, 0.25) is 0 Å². The van der Waals surface area contributed by atoms with Gasteiger partial charge in [-0.2, -0.15) is 0 Å². The fraction of sp³-hybridized carbons (Fsp3) is 0.900. The smallest absolute Gasteiger partial charge is 0.219 e. The maximum absolute atomic E-state index is 11.9. The van der Waals surface area contributed by atoms with Crippen LogP contribution in [0, 0.1) is 0 Å². The Balaban J connectivity index is 3.20. The number of allylic oxidation sites excluding steroid dienone is 2. The van der Waals surface area contributed by atoms with E-state index >= 15 is 0 Å². The number of hydrogen-bond acceptors (Lipinski definition) is 1. The summed E-state index contributed by atoms with van der Waals surface area (Å²) in [6.45, 7) is 5.43.